The molecule has 9 heteroatoms. The number of nitrogens with zero attached hydrogens (tertiary/aromatic N) is 4. The third kappa shape index (κ3) is 15.0. The third-order valence-corrected chi connectivity index (χ3v) is 23.0. The van der Waals surface area contributed by atoms with Crippen LogP contribution in [0, 0.1) is 46.4 Å². The SMILES string of the molecule is Cc1ccc(-c2cc[n+](C)c(-c3c(C)ccc4c3oc3ccccc34)c2)cc1.Cc1ccc2c(oc3ccccc32)c1-c1cc(-c2ccc(C(C)C)cc2)cc[n+]1C.Cc1ccc2c(oc3ccccc32)c1-c1cc(-c2ccc(CC(C)C)cc2)cc[n+]1C.Cc1ccc2c(oc3ccccc32)c1-c1cc(-c2ccc(F)cc2)cc[n+]1C. The van der Waals surface area contributed by atoms with E-state index in [0.29, 0.717) is 11.8 Å². The van der Waals surface area contributed by atoms with Crippen molar-refractivity contribution in [2.24, 2.45) is 34.1 Å². The standard InChI is InChI=1S/C29H28NO.C28H26NO.C26H22NO.C25H19FNO/c1-19(2)17-21-10-12-22(13-11-21)23-15-16-30(4)26(18-23)28-20(3)9-14-25-24-7-5-6-8-27(24)31-29(25)28;1-18(2)20-10-12-21(13-11-20)22-15-16-29(4)25(17-22)27-19(3)9-14-24-23-7-5-6-8-26(23)30-28(24)27;1-17-8-11-19(12-9-17)20-14-15-27(3)23(16-20)25-18(2)10-13-22-21-6-4-5-7-24(21)28-26(22)25;1-16-7-12-21-20-5-3-4-6-23(20)28-25(21)24(16)22-15-18(13-14-27(22)2)17-8-10-19(26)11-9-17/h5-16,18-19H,17H2,1-4H3;5-18H,1-4H3;4-16H,1-3H3;3-15H,1-2H3/q4*+1. The average Bonchev–Trinajstić information content (AvgIpc) is 1.33. The van der Waals surface area contributed by atoms with Crippen molar-refractivity contribution in [2.45, 2.75) is 74.7 Å². The van der Waals surface area contributed by atoms with Crippen LogP contribution in [0.25, 0.3) is 177 Å². The Morgan fingerprint density at radius 3 is 0.821 bits per heavy atom. The van der Waals surface area contributed by atoms with E-state index in [1.54, 1.807) is 0 Å². The van der Waals surface area contributed by atoms with Crippen molar-refractivity contribution in [1.82, 2.24) is 0 Å². The van der Waals surface area contributed by atoms with E-state index in [0.717, 1.165) is 145 Å². The molecule has 0 atom stereocenters. The second-order valence-corrected chi connectivity index (χ2v) is 32.0. The molecule has 0 unspecified atom stereocenters. The maximum atomic E-state index is 13.3. The number of aromatic nitrogens is 4. The van der Waals surface area contributed by atoms with Crippen LogP contribution < -0.4 is 18.3 Å². The summed E-state index contributed by atoms with van der Waals surface area (Å²) in [5.41, 5.74) is 34.7. The number of aryl methyl sites for hydroxylation is 9. The lowest BCUT2D eigenvalue weighted by Crippen LogP contribution is -2.30. The van der Waals surface area contributed by atoms with Crippen molar-refractivity contribution in [3.8, 4) is 89.5 Å². The van der Waals surface area contributed by atoms with Gasteiger partial charge in [-0.3, -0.25) is 0 Å². The fourth-order valence-electron chi connectivity index (χ4n) is 16.6. The van der Waals surface area contributed by atoms with Crippen LogP contribution in [0.3, 0.4) is 0 Å². The summed E-state index contributed by atoms with van der Waals surface area (Å²) in [6.07, 6.45) is 9.57. The Hall–Kier alpha value is -13.6. The number of pyridine rings is 4. The topological polar surface area (TPSA) is 68.1 Å². The fourth-order valence-corrected chi connectivity index (χ4v) is 16.6. The van der Waals surface area contributed by atoms with Crippen molar-refractivity contribution >= 4 is 87.8 Å². The normalized spacial score (nSPS) is 11.5. The van der Waals surface area contributed by atoms with E-state index in [-0.39, 0.29) is 5.82 Å². The molecule has 0 bridgehead atoms. The van der Waals surface area contributed by atoms with Crippen molar-refractivity contribution in [1.29, 1.82) is 0 Å². The zero-order chi connectivity index (χ0) is 80.9. The summed E-state index contributed by atoms with van der Waals surface area (Å²) < 4.78 is 47.3. The first-order valence-electron chi connectivity index (χ1n) is 40.4. The van der Waals surface area contributed by atoms with Crippen LogP contribution in [0.5, 0.6) is 0 Å². The summed E-state index contributed by atoms with van der Waals surface area (Å²) in [6.45, 7) is 19.7. The highest BCUT2D eigenvalue weighted by Gasteiger charge is 2.27. The molecule has 0 spiro atoms. The minimum absolute atomic E-state index is 0.228. The van der Waals surface area contributed by atoms with Gasteiger partial charge in [0.25, 0.3) is 0 Å². The Kier molecular flexibility index (Phi) is 20.8. The summed E-state index contributed by atoms with van der Waals surface area (Å²) in [4.78, 5) is 0. The Morgan fingerprint density at radius 1 is 0.274 bits per heavy atom. The molecule has 0 aliphatic carbocycles. The van der Waals surface area contributed by atoms with E-state index in [1.807, 2.05) is 86.0 Å². The maximum Gasteiger partial charge on any atom is 0.216 e. The minimum Gasteiger partial charge on any atom is -0.455 e. The first kappa shape index (κ1) is 76.0. The number of fused-ring (bicyclic) bond motifs is 12. The highest BCUT2D eigenvalue weighted by Crippen LogP contribution is 2.43. The summed E-state index contributed by atoms with van der Waals surface area (Å²) in [7, 11) is 8.33. The lowest BCUT2D eigenvalue weighted by atomic mass is 9.96. The summed E-state index contributed by atoms with van der Waals surface area (Å²) in [6, 6.07) is 101. The predicted octanol–water partition coefficient (Wildman–Crippen LogP) is 27.0. The quantitative estimate of drug-likeness (QED) is 0.121. The highest BCUT2D eigenvalue weighted by atomic mass is 19.1. The van der Waals surface area contributed by atoms with Crippen molar-refractivity contribution in [3.63, 3.8) is 0 Å². The monoisotopic (exact) mass is 1530 g/mol. The molecule has 0 saturated carbocycles. The number of furan rings is 4. The van der Waals surface area contributed by atoms with E-state index in [1.165, 1.54) is 89.7 Å². The lowest BCUT2D eigenvalue weighted by Gasteiger charge is -2.09. The molecule has 20 aromatic rings. The van der Waals surface area contributed by atoms with Crippen LogP contribution in [0.1, 0.15) is 72.6 Å². The zero-order valence-electron chi connectivity index (χ0n) is 68.7. The molecule has 0 fully saturated rings. The maximum absolute atomic E-state index is 13.3. The summed E-state index contributed by atoms with van der Waals surface area (Å²) >= 11 is 0. The number of halogens is 1. The first-order chi connectivity index (χ1) is 56.8. The second kappa shape index (κ2) is 32.0. The van der Waals surface area contributed by atoms with Crippen LogP contribution in [0.2, 0.25) is 0 Å². The Labute approximate surface area is 682 Å². The molecular formula is C108H95FN4O4+4. The zero-order valence-corrected chi connectivity index (χ0v) is 68.7. The van der Waals surface area contributed by atoms with E-state index in [9.17, 15) is 4.39 Å². The fraction of sp³-hybridized carbons (Fsp3) is 0.148. The molecule has 8 heterocycles. The lowest BCUT2D eigenvalue weighted by molar-refractivity contribution is -0.660. The van der Waals surface area contributed by atoms with Gasteiger partial charge in [0.1, 0.15) is 78.7 Å². The number of benzene rings is 12. The van der Waals surface area contributed by atoms with Gasteiger partial charge in [-0.15, -0.1) is 0 Å². The molecule has 8 aromatic heterocycles. The van der Waals surface area contributed by atoms with Gasteiger partial charge < -0.3 is 17.7 Å². The summed E-state index contributed by atoms with van der Waals surface area (Å²) in [5.74, 6) is 0.977. The first-order valence-corrected chi connectivity index (χ1v) is 40.4. The number of para-hydroxylation sites is 4. The molecular weight excluding hydrogens is 1440 g/mol. The molecule has 0 radical (unpaired) electrons. The van der Waals surface area contributed by atoms with Gasteiger partial charge in [-0.05, 0) is 167 Å². The van der Waals surface area contributed by atoms with Crippen LogP contribution in [0.4, 0.5) is 4.39 Å². The van der Waals surface area contributed by atoms with Crippen LogP contribution in [-0.2, 0) is 34.6 Å². The number of rotatable bonds is 11. The van der Waals surface area contributed by atoms with Crippen molar-refractivity contribution in [2.75, 3.05) is 0 Å². The smallest absolute Gasteiger partial charge is 0.216 e. The van der Waals surface area contributed by atoms with Gasteiger partial charge in [-0.2, -0.15) is 0 Å². The van der Waals surface area contributed by atoms with Gasteiger partial charge in [0.15, 0.2) is 24.8 Å². The van der Waals surface area contributed by atoms with Crippen LogP contribution in [0.15, 0.2) is 334 Å². The van der Waals surface area contributed by atoms with Gasteiger partial charge >= 0.3 is 0 Å². The Bertz CT molecular complexity index is 6930. The molecule has 12 aromatic carbocycles. The predicted molar refractivity (Wildman–Crippen MR) is 479 cm³/mol. The van der Waals surface area contributed by atoms with Gasteiger partial charge in [-0.25, -0.2) is 22.7 Å². The van der Waals surface area contributed by atoms with Gasteiger partial charge in [0.2, 0.25) is 22.8 Å². The average molecular weight is 1530 g/mol. The van der Waals surface area contributed by atoms with E-state index < -0.39 is 0 Å². The van der Waals surface area contributed by atoms with Crippen molar-refractivity contribution in [3.05, 3.63) is 361 Å². The van der Waals surface area contributed by atoms with Gasteiger partial charge in [0.05, 0.1) is 22.3 Å². The largest absolute Gasteiger partial charge is 0.455 e. The summed E-state index contributed by atoms with van der Waals surface area (Å²) in [5, 5.41) is 9.22. The molecule has 0 aliphatic heterocycles. The molecule has 0 saturated heterocycles. The van der Waals surface area contributed by atoms with Gasteiger partial charge in [0, 0.05) is 91.6 Å². The minimum atomic E-state index is -0.228. The Morgan fingerprint density at radius 2 is 0.538 bits per heavy atom. The van der Waals surface area contributed by atoms with E-state index in [4.69, 9.17) is 17.7 Å². The Balaban J connectivity index is 0.000000112. The molecule has 8 nitrogen and oxygen atoms in total. The van der Waals surface area contributed by atoms with Crippen molar-refractivity contribution < 1.29 is 40.3 Å². The molecule has 117 heavy (non-hydrogen) atoms. The molecule has 0 N–H and O–H groups in total. The van der Waals surface area contributed by atoms with E-state index in [2.05, 4.69) is 327 Å². The van der Waals surface area contributed by atoms with Gasteiger partial charge in [-0.1, -0.05) is 240 Å². The molecule has 574 valence electrons. The number of hydrogen-bond acceptors (Lipinski definition) is 4. The van der Waals surface area contributed by atoms with E-state index >= 15 is 0 Å². The van der Waals surface area contributed by atoms with Crippen LogP contribution in [-0.4, -0.2) is 0 Å². The number of hydrogen-bond donors (Lipinski definition) is 0. The third-order valence-electron chi connectivity index (χ3n) is 23.0. The molecule has 20 rings (SSSR count). The van der Waals surface area contributed by atoms with Crippen LogP contribution >= 0.6 is 0 Å². The molecule has 0 aliphatic rings. The molecule has 0 amide bonds. The second-order valence-electron chi connectivity index (χ2n) is 32.0. The highest BCUT2D eigenvalue weighted by molar-refractivity contribution is 6.13.